The molecule has 0 radical (unpaired) electrons. The molecular weight excluding hydrogens is 268 g/mol. The molecule has 1 aromatic heterocycles. The molecule has 3 rings (SSSR count). The summed E-state index contributed by atoms with van der Waals surface area (Å²) < 4.78 is 2.53. The standard InChI is InChI=1S/C15H14N4S/c20-15-18-17-14(11-16-12-7-3-1-4-8-12)19(15)13-9-5-2-6-10-13/h1-10,16H,11H2,(H,18,20). The number of hydrogen-bond donors (Lipinski definition) is 2. The molecule has 0 unspecified atom stereocenters. The Kier molecular flexibility index (Phi) is 3.60. The summed E-state index contributed by atoms with van der Waals surface area (Å²) in [6, 6.07) is 20.0. The molecule has 0 fully saturated rings. The summed E-state index contributed by atoms with van der Waals surface area (Å²) in [4.78, 5) is 0. The molecule has 20 heavy (non-hydrogen) atoms. The fourth-order valence-electron chi connectivity index (χ4n) is 2.03. The Bertz CT molecular complexity index is 731. The number of aromatic nitrogens is 3. The maximum absolute atomic E-state index is 5.30. The first-order valence-corrected chi connectivity index (χ1v) is 6.76. The van der Waals surface area contributed by atoms with Crippen LogP contribution in [0.1, 0.15) is 5.82 Å². The number of aromatic amines is 1. The Labute approximate surface area is 122 Å². The van der Waals surface area contributed by atoms with E-state index in [0.717, 1.165) is 17.2 Å². The highest BCUT2D eigenvalue weighted by Crippen LogP contribution is 2.12. The van der Waals surface area contributed by atoms with E-state index < -0.39 is 0 Å². The van der Waals surface area contributed by atoms with Gasteiger partial charge in [-0.3, -0.25) is 9.67 Å². The van der Waals surface area contributed by atoms with Crippen molar-refractivity contribution in [1.82, 2.24) is 14.8 Å². The van der Waals surface area contributed by atoms with Crippen molar-refractivity contribution in [3.63, 3.8) is 0 Å². The third kappa shape index (κ3) is 2.62. The fraction of sp³-hybridized carbons (Fsp3) is 0.0667. The maximum Gasteiger partial charge on any atom is 0.199 e. The van der Waals surface area contributed by atoms with Gasteiger partial charge >= 0.3 is 0 Å². The Morgan fingerprint density at radius 2 is 1.65 bits per heavy atom. The number of nitrogens with one attached hydrogen (secondary N) is 2. The lowest BCUT2D eigenvalue weighted by Gasteiger charge is -2.08. The van der Waals surface area contributed by atoms with Crippen LogP contribution in [0.15, 0.2) is 60.7 Å². The van der Waals surface area contributed by atoms with Crippen LogP contribution in [0, 0.1) is 4.77 Å². The van der Waals surface area contributed by atoms with E-state index in [9.17, 15) is 0 Å². The predicted molar refractivity (Wildman–Crippen MR) is 82.5 cm³/mol. The minimum atomic E-state index is 0.598. The average molecular weight is 282 g/mol. The summed E-state index contributed by atoms with van der Waals surface area (Å²) in [5, 5.41) is 10.5. The lowest BCUT2D eigenvalue weighted by atomic mass is 10.3. The molecule has 0 aliphatic carbocycles. The number of hydrogen-bond acceptors (Lipinski definition) is 3. The van der Waals surface area contributed by atoms with Crippen LogP contribution in [0.2, 0.25) is 0 Å². The van der Waals surface area contributed by atoms with E-state index in [2.05, 4.69) is 15.5 Å². The molecule has 5 heteroatoms. The van der Waals surface area contributed by atoms with Crippen molar-refractivity contribution in [3.05, 3.63) is 71.3 Å². The molecule has 0 bridgehead atoms. The van der Waals surface area contributed by atoms with Gasteiger partial charge in [-0.25, -0.2) is 0 Å². The molecule has 1 heterocycles. The second-order valence-electron chi connectivity index (χ2n) is 4.34. The normalized spacial score (nSPS) is 10.4. The molecule has 100 valence electrons. The van der Waals surface area contributed by atoms with E-state index >= 15 is 0 Å². The van der Waals surface area contributed by atoms with Crippen molar-refractivity contribution < 1.29 is 0 Å². The van der Waals surface area contributed by atoms with Gasteiger partial charge in [0.15, 0.2) is 10.6 Å². The maximum atomic E-state index is 5.30. The Morgan fingerprint density at radius 3 is 2.35 bits per heavy atom. The van der Waals surface area contributed by atoms with Crippen LogP contribution < -0.4 is 5.32 Å². The van der Waals surface area contributed by atoms with Crippen molar-refractivity contribution in [2.75, 3.05) is 5.32 Å². The first-order valence-electron chi connectivity index (χ1n) is 6.35. The Balaban J connectivity index is 1.87. The molecule has 0 aliphatic rings. The van der Waals surface area contributed by atoms with E-state index in [-0.39, 0.29) is 0 Å². The highest BCUT2D eigenvalue weighted by Gasteiger charge is 2.07. The summed E-state index contributed by atoms with van der Waals surface area (Å²) >= 11 is 5.30. The van der Waals surface area contributed by atoms with Crippen LogP contribution in [0.3, 0.4) is 0 Å². The van der Waals surface area contributed by atoms with Gasteiger partial charge in [-0.15, -0.1) is 0 Å². The average Bonchev–Trinajstić information content (AvgIpc) is 2.88. The Hall–Kier alpha value is -2.40. The number of para-hydroxylation sites is 2. The third-order valence-electron chi connectivity index (χ3n) is 2.98. The fourth-order valence-corrected chi connectivity index (χ4v) is 2.29. The van der Waals surface area contributed by atoms with Crippen LogP contribution in [-0.2, 0) is 6.54 Å². The van der Waals surface area contributed by atoms with E-state index in [1.165, 1.54) is 0 Å². The second kappa shape index (κ2) is 5.71. The quantitative estimate of drug-likeness (QED) is 0.719. The lowest BCUT2D eigenvalue weighted by molar-refractivity contribution is 0.888. The molecule has 4 nitrogen and oxygen atoms in total. The van der Waals surface area contributed by atoms with Gasteiger partial charge in [0, 0.05) is 11.4 Å². The molecule has 0 atom stereocenters. The van der Waals surface area contributed by atoms with Gasteiger partial charge in [0.25, 0.3) is 0 Å². The number of nitrogens with zero attached hydrogens (tertiary/aromatic N) is 2. The van der Waals surface area contributed by atoms with Gasteiger partial charge in [0.2, 0.25) is 0 Å². The van der Waals surface area contributed by atoms with E-state index in [1.807, 2.05) is 65.2 Å². The van der Waals surface area contributed by atoms with Gasteiger partial charge in [-0.2, -0.15) is 5.10 Å². The van der Waals surface area contributed by atoms with Gasteiger partial charge in [-0.05, 0) is 36.5 Å². The molecule has 2 aromatic carbocycles. The van der Waals surface area contributed by atoms with Crippen molar-refractivity contribution >= 4 is 17.9 Å². The van der Waals surface area contributed by atoms with Crippen molar-refractivity contribution in [2.45, 2.75) is 6.54 Å². The topological polar surface area (TPSA) is 45.6 Å². The summed E-state index contributed by atoms with van der Waals surface area (Å²) in [6.45, 7) is 0.603. The predicted octanol–water partition coefficient (Wildman–Crippen LogP) is 3.54. The minimum absolute atomic E-state index is 0.598. The largest absolute Gasteiger partial charge is 0.378 e. The molecule has 0 aliphatic heterocycles. The van der Waals surface area contributed by atoms with E-state index in [0.29, 0.717) is 11.3 Å². The van der Waals surface area contributed by atoms with Crippen LogP contribution in [0.25, 0.3) is 5.69 Å². The zero-order chi connectivity index (χ0) is 13.8. The van der Waals surface area contributed by atoms with Crippen LogP contribution in [0.4, 0.5) is 5.69 Å². The smallest absolute Gasteiger partial charge is 0.199 e. The first-order chi connectivity index (χ1) is 9.84. The molecule has 3 aromatic rings. The second-order valence-corrected chi connectivity index (χ2v) is 4.72. The van der Waals surface area contributed by atoms with Crippen molar-refractivity contribution in [1.29, 1.82) is 0 Å². The molecule has 2 N–H and O–H groups in total. The summed E-state index contributed by atoms with van der Waals surface area (Å²) in [5.41, 5.74) is 2.07. The number of anilines is 1. The first kappa shape index (κ1) is 12.6. The molecule has 0 spiro atoms. The van der Waals surface area contributed by atoms with Gasteiger partial charge in [0.1, 0.15) is 0 Å². The zero-order valence-corrected chi connectivity index (χ0v) is 11.6. The highest BCUT2D eigenvalue weighted by atomic mass is 32.1. The molecular formula is C15H14N4S. The van der Waals surface area contributed by atoms with Crippen molar-refractivity contribution in [2.24, 2.45) is 0 Å². The van der Waals surface area contributed by atoms with Crippen molar-refractivity contribution in [3.8, 4) is 5.69 Å². The molecule has 0 saturated carbocycles. The molecule has 0 amide bonds. The summed E-state index contributed by atoms with van der Waals surface area (Å²) in [5.74, 6) is 0.852. The summed E-state index contributed by atoms with van der Waals surface area (Å²) in [7, 11) is 0. The monoisotopic (exact) mass is 282 g/mol. The third-order valence-corrected chi connectivity index (χ3v) is 3.25. The minimum Gasteiger partial charge on any atom is -0.378 e. The van der Waals surface area contributed by atoms with E-state index in [1.54, 1.807) is 0 Å². The molecule has 0 saturated heterocycles. The van der Waals surface area contributed by atoms with E-state index in [4.69, 9.17) is 12.2 Å². The van der Waals surface area contributed by atoms with Crippen LogP contribution in [-0.4, -0.2) is 14.8 Å². The highest BCUT2D eigenvalue weighted by molar-refractivity contribution is 7.71. The van der Waals surface area contributed by atoms with Crippen LogP contribution in [0.5, 0.6) is 0 Å². The van der Waals surface area contributed by atoms with Gasteiger partial charge in [-0.1, -0.05) is 36.4 Å². The SMILES string of the molecule is S=c1[nH]nc(CNc2ccccc2)n1-c1ccccc1. The van der Waals surface area contributed by atoms with Gasteiger partial charge in [0.05, 0.1) is 6.54 Å². The Morgan fingerprint density at radius 1 is 1.00 bits per heavy atom. The number of H-pyrrole nitrogens is 1. The lowest BCUT2D eigenvalue weighted by Crippen LogP contribution is -2.07. The zero-order valence-electron chi connectivity index (χ0n) is 10.8. The number of rotatable bonds is 4. The summed E-state index contributed by atoms with van der Waals surface area (Å²) in [6.07, 6.45) is 0. The number of benzene rings is 2. The van der Waals surface area contributed by atoms with Gasteiger partial charge < -0.3 is 5.32 Å². The van der Waals surface area contributed by atoms with Crippen LogP contribution >= 0.6 is 12.2 Å².